The highest BCUT2D eigenvalue weighted by molar-refractivity contribution is 6.20. The summed E-state index contributed by atoms with van der Waals surface area (Å²) < 4.78 is 4.18. The first kappa shape index (κ1) is 11.8. The molecule has 0 atom stereocenters. The van der Waals surface area contributed by atoms with E-state index in [1.54, 1.807) is 6.92 Å². The SMILES string of the molecule is CCOC(=O)C=O.CNC. The van der Waals surface area contributed by atoms with Gasteiger partial charge in [0.2, 0.25) is 6.29 Å². The molecule has 10 heavy (non-hydrogen) atoms. The second-order valence-corrected chi connectivity index (χ2v) is 1.37. The lowest BCUT2D eigenvalue weighted by Crippen LogP contribution is -2.03. The van der Waals surface area contributed by atoms with Crippen LogP contribution in [0.2, 0.25) is 0 Å². The van der Waals surface area contributed by atoms with E-state index >= 15 is 0 Å². The van der Waals surface area contributed by atoms with Crippen molar-refractivity contribution in [3.05, 3.63) is 0 Å². The molecule has 0 saturated carbocycles. The number of carbonyl (C=O) groups is 2. The van der Waals surface area contributed by atoms with E-state index in [0.717, 1.165) is 0 Å². The Labute approximate surface area is 60.6 Å². The molecule has 0 heterocycles. The molecule has 1 N–H and O–H groups in total. The molecule has 60 valence electrons. The third kappa shape index (κ3) is 15.7. The number of rotatable bonds is 2. The van der Waals surface area contributed by atoms with Gasteiger partial charge in [0, 0.05) is 0 Å². The van der Waals surface area contributed by atoms with Gasteiger partial charge in [0.25, 0.3) is 0 Å². The second-order valence-electron chi connectivity index (χ2n) is 1.37. The highest BCUT2D eigenvalue weighted by Gasteiger charge is 1.91. The van der Waals surface area contributed by atoms with E-state index in [1.165, 1.54) is 0 Å². The van der Waals surface area contributed by atoms with Crippen LogP contribution in [0.15, 0.2) is 0 Å². The number of carbonyl (C=O) groups excluding carboxylic acids is 2. The maximum Gasteiger partial charge on any atom is 0.371 e. The molecule has 0 amide bonds. The molecule has 0 fully saturated rings. The first-order chi connectivity index (χ1) is 4.72. The fourth-order valence-electron chi connectivity index (χ4n) is 0.176. The number of hydrogen-bond acceptors (Lipinski definition) is 4. The highest BCUT2D eigenvalue weighted by atomic mass is 16.5. The average Bonchev–Trinajstić information content (AvgIpc) is 1.90. The largest absolute Gasteiger partial charge is 0.460 e. The molecule has 0 spiro atoms. The standard InChI is InChI=1S/C4H6O3.C2H7N/c1-2-7-4(6)3-5;1-3-2/h3H,2H2,1H3;3H,1-2H3. The summed E-state index contributed by atoms with van der Waals surface area (Å²) >= 11 is 0. The number of nitrogens with one attached hydrogen (secondary N) is 1. The maximum atomic E-state index is 9.82. The van der Waals surface area contributed by atoms with Gasteiger partial charge in [-0.3, -0.25) is 4.79 Å². The minimum atomic E-state index is -0.803. The molecule has 0 aliphatic carbocycles. The number of hydrogen-bond donors (Lipinski definition) is 1. The zero-order chi connectivity index (χ0) is 8.41. The average molecular weight is 147 g/mol. The molecule has 0 unspecified atom stereocenters. The van der Waals surface area contributed by atoms with Gasteiger partial charge in [-0.1, -0.05) is 0 Å². The van der Waals surface area contributed by atoms with Crippen molar-refractivity contribution in [1.82, 2.24) is 5.32 Å². The fraction of sp³-hybridized carbons (Fsp3) is 0.667. The summed E-state index contributed by atoms with van der Waals surface area (Å²) in [5.74, 6) is -0.803. The Hall–Kier alpha value is -0.900. The number of esters is 1. The van der Waals surface area contributed by atoms with Gasteiger partial charge in [0.1, 0.15) is 0 Å². The Morgan fingerprint density at radius 3 is 2.10 bits per heavy atom. The molecular weight excluding hydrogens is 134 g/mol. The monoisotopic (exact) mass is 147 g/mol. The third-order valence-electron chi connectivity index (χ3n) is 0.383. The van der Waals surface area contributed by atoms with Gasteiger partial charge in [-0.2, -0.15) is 0 Å². The first-order valence-corrected chi connectivity index (χ1v) is 2.93. The summed E-state index contributed by atoms with van der Waals surface area (Å²) in [7, 11) is 3.75. The maximum absolute atomic E-state index is 9.82. The quantitative estimate of drug-likeness (QED) is 0.327. The van der Waals surface area contributed by atoms with E-state index in [9.17, 15) is 9.59 Å². The topological polar surface area (TPSA) is 55.4 Å². The predicted octanol–water partition coefficient (Wildman–Crippen LogP) is -0.416. The third-order valence-corrected chi connectivity index (χ3v) is 0.383. The van der Waals surface area contributed by atoms with Gasteiger partial charge in [-0.05, 0) is 21.0 Å². The van der Waals surface area contributed by atoms with E-state index in [2.05, 4.69) is 10.1 Å². The van der Waals surface area contributed by atoms with Crippen molar-refractivity contribution in [3.63, 3.8) is 0 Å². The van der Waals surface area contributed by atoms with Gasteiger partial charge < -0.3 is 10.1 Å². The van der Waals surface area contributed by atoms with Crippen LogP contribution in [-0.4, -0.2) is 33.0 Å². The van der Waals surface area contributed by atoms with Crippen molar-refractivity contribution in [1.29, 1.82) is 0 Å². The molecule has 0 aliphatic heterocycles. The lowest BCUT2D eigenvalue weighted by Gasteiger charge is -1.88. The van der Waals surface area contributed by atoms with Crippen molar-refractivity contribution in [2.24, 2.45) is 0 Å². The van der Waals surface area contributed by atoms with Crippen molar-refractivity contribution in [2.45, 2.75) is 6.92 Å². The predicted molar refractivity (Wildman–Crippen MR) is 37.7 cm³/mol. The fourth-order valence-corrected chi connectivity index (χ4v) is 0.176. The Morgan fingerprint density at radius 1 is 1.60 bits per heavy atom. The van der Waals surface area contributed by atoms with Crippen molar-refractivity contribution in [3.8, 4) is 0 Å². The van der Waals surface area contributed by atoms with Gasteiger partial charge >= 0.3 is 5.97 Å². The van der Waals surface area contributed by atoms with Crippen LogP contribution in [0.1, 0.15) is 6.92 Å². The number of ether oxygens (including phenoxy) is 1. The Bertz CT molecular complexity index is 93.0. The zero-order valence-corrected chi connectivity index (χ0v) is 6.51. The van der Waals surface area contributed by atoms with Gasteiger partial charge in [0.15, 0.2) is 0 Å². The summed E-state index contributed by atoms with van der Waals surface area (Å²) in [6, 6.07) is 0. The van der Waals surface area contributed by atoms with Gasteiger partial charge in [-0.15, -0.1) is 0 Å². The molecular formula is C6H13NO3. The van der Waals surface area contributed by atoms with Gasteiger partial charge in [0.05, 0.1) is 6.61 Å². The normalized spacial score (nSPS) is 7.10. The van der Waals surface area contributed by atoms with Crippen LogP contribution in [0.4, 0.5) is 0 Å². The Morgan fingerprint density at radius 2 is 2.00 bits per heavy atom. The van der Waals surface area contributed by atoms with Crippen LogP contribution in [0.25, 0.3) is 0 Å². The summed E-state index contributed by atoms with van der Waals surface area (Å²) in [6.07, 6.45) is 0.142. The summed E-state index contributed by atoms with van der Waals surface area (Å²) in [5.41, 5.74) is 0. The Kier molecular flexibility index (Phi) is 13.0. The van der Waals surface area contributed by atoms with Crippen molar-refractivity contribution < 1.29 is 14.3 Å². The highest BCUT2D eigenvalue weighted by Crippen LogP contribution is 1.68. The second kappa shape index (κ2) is 11.0. The molecule has 0 saturated heterocycles. The molecule has 0 aliphatic rings. The summed E-state index contributed by atoms with van der Waals surface area (Å²) in [6.45, 7) is 1.90. The van der Waals surface area contributed by atoms with Crippen LogP contribution < -0.4 is 5.32 Å². The van der Waals surface area contributed by atoms with Crippen LogP contribution in [-0.2, 0) is 14.3 Å². The lowest BCUT2D eigenvalue weighted by molar-refractivity contribution is -0.148. The molecule has 0 aromatic rings. The smallest absolute Gasteiger partial charge is 0.371 e. The van der Waals surface area contributed by atoms with E-state index in [4.69, 9.17) is 0 Å². The minimum Gasteiger partial charge on any atom is -0.460 e. The molecule has 4 heteroatoms. The minimum absolute atomic E-state index is 0.142. The molecule has 0 aromatic heterocycles. The molecule has 0 rings (SSSR count). The van der Waals surface area contributed by atoms with Crippen molar-refractivity contribution in [2.75, 3.05) is 20.7 Å². The summed E-state index contributed by atoms with van der Waals surface area (Å²) in [5, 5.41) is 2.75. The van der Waals surface area contributed by atoms with E-state index in [-0.39, 0.29) is 12.9 Å². The Balaban J connectivity index is 0. The van der Waals surface area contributed by atoms with E-state index in [0.29, 0.717) is 0 Å². The molecule has 0 bridgehead atoms. The lowest BCUT2D eigenvalue weighted by atomic mass is 10.7. The number of aldehydes is 1. The first-order valence-electron chi connectivity index (χ1n) is 2.93. The van der Waals surface area contributed by atoms with Crippen LogP contribution in [0, 0.1) is 0 Å². The summed E-state index contributed by atoms with van der Waals surface area (Å²) in [4.78, 5) is 19.2. The van der Waals surface area contributed by atoms with Crippen LogP contribution >= 0.6 is 0 Å². The van der Waals surface area contributed by atoms with E-state index in [1.807, 2.05) is 14.1 Å². The van der Waals surface area contributed by atoms with E-state index < -0.39 is 5.97 Å². The van der Waals surface area contributed by atoms with Gasteiger partial charge in [-0.25, -0.2) is 4.79 Å². The van der Waals surface area contributed by atoms with Crippen LogP contribution in [0.5, 0.6) is 0 Å². The van der Waals surface area contributed by atoms with Crippen LogP contribution in [0.3, 0.4) is 0 Å². The molecule has 0 aromatic carbocycles. The van der Waals surface area contributed by atoms with Crippen molar-refractivity contribution >= 4 is 12.3 Å². The molecule has 4 nitrogen and oxygen atoms in total. The zero-order valence-electron chi connectivity index (χ0n) is 6.51. The molecule has 0 radical (unpaired) electrons.